The number of rotatable bonds is 4. The Morgan fingerprint density at radius 2 is 1.95 bits per heavy atom. The molecule has 9 heteroatoms. The zero-order valence-corrected chi connectivity index (χ0v) is 11.9. The van der Waals surface area contributed by atoms with E-state index in [2.05, 4.69) is 10.0 Å². The van der Waals surface area contributed by atoms with E-state index in [0.29, 0.717) is 32.2 Å². The minimum Gasteiger partial charge on any atom is -0.481 e. The number of carbonyl (C=O) groups excluding carboxylic acids is 1. The second kappa shape index (κ2) is 6.06. The van der Waals surface area contributed by atoms with E-state index in [9.17, 15) is 18.0 Å². The molecular weight excluding hydrogens is 286 g/mol. The highest BCUT2D eigenvalue weighted by atomic mass is 32.2. The number of hydrogen-bond donors (Lipinski definition) is 3. The van der Waals surface area contributed by atoms with Crippen molar-refractivity contribution in [3.63, 3.8) is 0 Å². The summed E-state index contributed by atoms with van der Waals surface area (Å²) in [5, 5.41) is 11.5. The van der Waals surface area contributed by atoms with Crippen molar-refractivity contribution in [1.29, 1.82) is 0 Å². The molecule has 0 spiro atoms. The summed E-state index contributed by atoms with van der Waals surface area (Å²) >= 11 is 0. The summed E-state index contributed by atoms with van der Waals surface area (Å²) in [5.41, 5.74) is 0. The first-order chi connectivity index (χ1) is 9.38. The number of carbonyl (C=O) groups is 2. The number of piperidine rings is 2. The van der Waals surface area contributed by atoms with Crippen LogP contribution in [0.3, 0.4) is 0 Å². The first-order valence-corrected chi connectivity index (χ1v) is 8.09. The zero-order valence-electron chi connectivity index (χ0n) is 11.0. The van der Waals surface area contributed by atoms with Gasteiger partial charge in [0.1, 0.15) is 0 Å². The number of hydrogen-bond acceptors (Lipinski definition) is 4. The van der Waals surface area contributed by atoms with Crippen LogP contribution in [0.1, 0.15) is 25.7 Å². The summed E-state index contributed by atoms with van der Waals surface area (Å²) in [6.45, 7) is 0.723. The minimum atomic E-state index is -3.61. The number of nitrogens with one attached hydrogen (secondary N) is 2. The number of carboxylic acids is 1. The third kappa shape index (κ3) is 3.68. The van der Waals surface area contributed by atoms with Crippen LogP contribution in [0.4, 0.5) is 0 Å². The second-order valence-electron chi connectivity index (χ2n) is 5.17. The Labute approximate surface area is 117 Å². The summed E-state index contributed by atoms with van der Waals surface area (Å²) in [7, 11) is -3.61. The van der Waals surface area contributed by atoms with E-state index >= 15 is 0 Å². The zero-order chi connectivity index (χ0) is 14.8. The van der Waals surface area contributed by atoms with E-state index in [-0.39, 0.29) is 25.0 Å². The van der Waals surface area contributed by atoms with Crippen LogP contribution in [0.5, 0.6) is 0 Å². The summed E-state index contributed by atoms with van der Waals surface area (Å²) in [6.07, 6.45) is 1.46. The Hall–Kier alpha value is -1.19. The minimum absolute atomic E-state index is 0.0669. The maximum Gasteiger partial charge on any atom is 0.306 e. The van der Waals surface area contributed by atoms with Gasteiger partial charge < -0.3 is 10.4 Å². The number of carboxylic acid groups (broad SMARTS) is 1. The molecule has 2 fully saturated rings. The van der Waals surface area contributed by atoms with Crippen LogP contribution < -0.4 is 10.0 Å². The summed E-state index contributed by atoms with van der Waals surface area (Å²) in [4.78, 5) is 21.9. The van der Waals surface area contributed by atoms with Gasteiger partial charge in [0.25, 0.3) is 10.2 Å². The normalized spacial score (nSPS) is 26.2. The van der Waals surface area contributed by atoms with Gasteiger partial charge >= 0.3 is 5.97 Å². The molecule has 2 rings (SSSR count). The molecule has 0 aromatic carbocycles. The molecule has 2 aliphatic heterocycles. The molecule has 114 valence electrons. The fourth-order valence-corrected chi connectivity index (χ4v) is 3.92. The van der Waals surface area contributed by atoms with Gasteiger partial charge in [-0.1, -0.05) is 0 Å². The molecule has 1 amide bonds. The number of aliphatic carboxylic acids is 1. The lowest BCUT2D eigenvalue weighted by Gasteiger charge is -2.31. The summed E-state index contributed by atoms with van der Waals surface area (Å²) in [5.74, 6) is -1.40. The van der Waals surface area contributed by atoms with E-state index in [1.807, 2.05) is 0 Å². The van der Waals surface area contributed by atoms with Gasteiger partial charge in [-0.25, -0.2) is 0 Å². The van der Waals surface area contributed by atoms with E-state index in [0.717, 1.165) is 0 Å². The van der Waals surface area contributed by atoms with E-state index in [4.69, 9.17) is 5.11 Å². The van der Waals surface area contributed by atoms with Crippen LogP contribution in [-0.2, 0) is 19.8 Å². The first kappa shape index (κ1) is 15.2. The van der Waals surface area contributed by atoms with Gasteiger partial charge in [0, 0.05) is 32.1 Å². The third-order valence-electron chi connectivity index (χ3n) is 3.72. The molecule has 3 N–H and O–H groups in total. The number of amides is 1. The molecule has 2 saturated heterocycles. The lowest BCUT2D eigenvalue weighted by molar-refractivity contribution is -0.143. The number of nitrogens with zero attached hydrogens (tertiary/aromatic N) is 1. The lowest BCUT2D eigenvalue weighted by atomic mass is 9.99. The first-order valence-electron chi connectivity index (χ1n) is 6.65. The molecule has 0 aromatic rings. The van der Waals surface area contributed by atoms with Gasteiger partial charge in [-0.15, -0.1) is 0 Å². The topological polar surface area (TPSA) is 116 Å². The summed E-state index contributed by atoms with van der Waals surface area (Å²) in [6, 6.07) is -0.296. The van der Waals surface area contributed by atoms with Crippen molar-refractivity contribution in [2.45, 2.75) is 31.7 Å². The van der Waals surface area contributed by atoms with Gasteiger partial charge in [0.2, 0.25) is 5.91 Å². The van der Waals surface area contributed by atoms with Crippen LogP contribution in [-0.4, -0.2) is 55.4 Å². The Balaban J connectivity index is 1.88. The van der Waals surface area contributed by atoms with Crippen molar-refractivity contribution in [3.8, 4) is 0 Å². The molecule has 0 saturated carbocycles. The molecule has 1 unspecified atom stereocenters. The van der Waals surface area contributed by atoms with Crippen molar-refractivity contribution >= 4 is 22.1 Å². The molecule has 8 nitrogen and oxygen atoms in total. The van der Waals surface area contributed by atoms with Crippen molar-refractivity contribution in [2.75, 3.05) is 19.6 Å². The van der Waals surface area contributed by atoms with E-state index in [1.54, 1.807) is 0 Å². The van der Waals surface area contributed by atoms with Crippen molar-refractivity contribution in [1.82, 2.24) is 14.3 Å². The van der Waals surface area contributed by atoms with Crippen LogP contribution in [0.25, 0.3) is 0 Å². The Bertz CT molecular complexity index is 474. The quantitative estimate of drug-likeness (QED) is 0.609. The van der Waals surface area contributed by atoms with Crippen LogP contribution in [0.15, 0.2) is 0 Å². The summed E-state index contributed by atoms with van der Waals surface area (Å²) < 4.78 is 28.2. The molecule has 0 aromatic heterocycles. The molecule has 20 heavy (non-hydrogen) atoms. The van der Waals surface area contributed by atoms with Crippen molar-refractivity contribution < 1.29 is 23.1 Å². The molecule has 2 heterocycles. The maximum atomic E-state index is 12.2. The van der Waals surface area contributed by atoms with Crippen molar-refractivity contribution in [2.24, 2.45) is 5.92 Å². The van der Waals surface area contributed by atoms with Crippen LogP contribution in [0, 0.1) is 5.92 Å². The Kier molecular flexibility index (Phi) is 4.61. The van der Waals surface area contributed by atoms with E-state index in [1.165, 1.54) is 4.31 Å². The molecule has 0 aliphatic carbocycles. The second-order valence-corrected chi connectivity index (χ2v) is 6.88. The van der Waals surface area contributed by atoms with Gasteiger partial charge in [0.15, 0.2) is 0 Å². The van der Waals surface area contributed by atoms with Crippen molar-refractivity contribution in [3.05, 3.63) is 0 Å². The standard InChI is InChI=1S/C11H19N3O5S/c15-10-2-1-9(7-12-10)13-20(18,19)14-5-3-8(4-6-14)11(16)17/h8-9,13H,1-7H2,(H,12,15)(H,16,17). The third-order valence-corrected chi connectivity index (χ3v) is 5.40. The highest BCUT2D eigenvalue weighted by molar-refractivity contribution is 7.87. The molecule has 1 atom stereocenters. The highest BCUT2D eigenvalue weighted by Crippen LogP contribution is 2.19. The predicted molar refractivity (Wildman–Crippen MR) is 70.0 cm³/mol. The van der Waals surface area contributed by atoms with Crippen LogP contribution in [0.2, 0.25) is 0 Å². The Morgan fingerprint density at radius 1 is 1.30 bits per heavy atom. The monoisotopic (exact) mass is 305 g/mol. The largest absolute Gasteiger partial charge is 0.481 e. The van der Waals surface area contributed by atoms with E-state index < -0.39 is 22.1 Å². The molecule has 2 aliphatic rings. The molecule has 0 bridgehead atoms. The maximum absolute atomic E-state index is 12.2. The van der Waals surface area contributed by atoms with Gasteiger partial charge in [0.05, 0.1) is 5.92 Å². The fourth-order valence-electron chi connectivity index (χ4n) is 2.46. The average molecular weight is 305 g/mol. The molecular formula is C11H19N3O5S. The van der Waals surface area contributed by atoms with Crippen LogP contribution >= 0.6 is 0 Å². The smallest absolute Gasteiger partial charge is 0.306 e. The fraction of sp³-hybridized carbons (Fsp3) is 0.818. The average Bonchev–Trinajstić information content (AvgIpc) is 2.41. The highest BCUT2D eigenvalue weighted by Gasteiger charge is 2.32. The Morgan fingerprint density at radius 3 is 2.45 bits per heavy atom. The lowest BCUT2D eigenvalue weighted by Crippen LogP contribution is -2.53. The SMILES string of the molecule is O=C1CCC(NS(=O)(=O)N2CCC(C(=O)O)CC2)CN1. The molecule has 0 radical (unpaired) electrons. The van der Waals surface area contributed by atoms with Gasteiger partial charge in [-0.05, 0) is 19.3 Å². The van der Waals surface area contributed by atoms with Gasteiger partial charge in [-0.2, -0.15) is 17.4 Å². The van der Waals surface area contributed by atoms with Gasteiger partial charge in [-0.3, -0.25) is 9.59 Å². The predicted octanol–water partition coefficient (Wildman–Crippen LogP) is -1.10.